The van der Waals surface area contributed by atoms with Crippen molar-refractivity contribution in [1.82, 2.24) is 25.0 Å². The summed E-state index contributed by atoms with van der Waals surface area (Å²) in [4.78, 5) is 20.5. The molecule has 3 aromatic rings. The minimum Gasteiger partial charge on any atom is -0.506 e. The van der Waals surface area contributed by atoms with E-state index in [1.165, 1.54) is 10.7 Å². The highest BCUT2D eigenvalue weighted by Crippen LogP contribution is 2.30. The fourth-order valence-electron chi connectivity index (χ4n) is 2.16. The maximum absolute atomic E-state index is 12.1. The number of phenolic OH excluding ortho intramolecular Hbond substituents is 1. The Balaban J connectivity index is 1.80. The van der Waals surface area contributed by atoms with Gasteiger partial charge in [0.2, 0.25) is 5.82 Å². The van der Waals surface area contributed by atoms with Gasteiger partial charge >= 0.3 is 5.91 Å². The lowest BCUT2D eigenvalue weighted by Gasteiger charge is -2.02. The molecule has 0 aliphatic heterocycles. The Hall–Kier alpha value is -2.33. The molecule has 10 heteroatoms. The van der Waals surface area contributed by atoms with Crippen molar-refractivity contribution in [2.24, 2.45) is 5.10 Å². The third kappa shape index (κ3) is 3.69. The molecule has 3 rings (SSSR count). The standard InChI is InChI=1S/C15H12Br2N6O2/c1-7-3-8(2)23-15(19-7)20-13(22-23)14(25)21-18-6-9-4-10(16)5-11(17)12(9)24/h3-6,24H,1-2H3,(H,21,25)/b18-6-. The number of aromatic nitrogens is 4. The number of phenols is 1. The normalized spacial score (nSPS) is 11.4. The van der Waals surface area contributed by atoms with Crippen LogP contribution in [0.5, 0.6) is 5.75 Å². The maximum Gasteiger partial charge on any atom is 0.311 e. The Kier molecular flexibility index (Phi) is 4.82. The van der Waals surface area contributed by atoms with Crippen LogP contribution in [0.4, 0.5) is 0 Å². The summed E-state index contributed by atoms with van der Waals surface area (Å²) in [6, 6.07) is 5.20. The molecule has 1 amide bonds. The Morgan fingerprint density at radius 2 is 2.04 bits per heavy atom. The Labute approximate surface area is 159 Å². The van der Waals surface area contributed by atoms with Crippen LogP contribution in [0.3, 0.4) is 0 Å². The molecule has 1 aromatic carbocycles. The van der Waals surface area contributed by atoms with Crippen LogP contribution in [0.25, 0.3) is 5.78 Å². The minimum atomic E-state index is -0.577. The first-order valence-electron chi connectivity index (χ1n) is 7.07. The lowest BCUT2D eigenvalue weighted by Crippen LogP contribution is -2.19. The number of benzene rings is 1. The topological polar surface area (TPSA) is 105 Å². The predicted octanol–water partition coefficient (Wildman–Crippen LogP) is 2.74. The molecule has 2 aromatic heterocycles. The van der Waals surface area contributed by atoms with Gasteiger partial charge in [-0.1, -0.05) is 15.9 Å². The van der Waals surface area contributed by atoms with E-state index in [0.717, 1.165) is 15.9 Å². The molecule has 0 radical (unpaired) electrons. The summed E-state index contributed by atoms with van der Waals surface area (Å²) < 4.78 is 2.75. The number of halogens is 2. The molecule has 2 N–H and O–H groups in total. The van der Waals surface area contributed by atoms with E-state index >= 15 is 0 Å². The van der Waals surface area contributed by atoms with Crippen LogP contribution in [0.1, 0.15) is 27.6 Å². The number of hydrazone groups is 1. The molecule has 0 atom stereocenters. The van der Waals surface area contributed by atoms with Crippen molar-refractivity contribution in [3.05, 3.63) is 49.9 Å². The van der Waals surface area contributed by atoms with Gasteiger partial charge in [-0.25, -0.2) is 14.9 Å². The molecule has 0 aliphatic carbocycles. The smallest absolute Gasteiger partial charge is 0.311 e. The van der Waals surface area contributed by atoms with Gasteiger partial charge in [0.1, 0.15) is 5.75 Å². The zero-order valence-corrected chi connectivity index (χ0v) is 16.3. The van der Waals surface area contributed by atoms with Crippen molar-refractivity contribution in [1.29, 1.82) is 0 Å². The summed E-state index contributed by atoms with van der Waals surface area (Å²) in [7, 11) is 0. The molecule has 0 aliphatic rings. The molecule has 0 bridgehead atoms. The zero-order valence-electron chi connectivity index (χ0n) is 13.2. The van der Waals surface area contributed by atoms with Crippen LogP contribution in [0.15, 0.2) is 32.2 Å². The number of hydrogen-bond acceptors (Lipinski definition) is 6. The van der Waals surface area contributed by atoms with Gasteiger partial charge in [0.05, 0.1) is 10.7 Å². The van der Waals surface area contributed by atoms with Crippen molar-refractivity contribution in [3.63, 3.8) is 0 Å². The average molecular weight is 468 g/mol. The molecule has 0 saturated heterocycles. The monoisotopic (exact) mass is 466 g/mol. The highest BCUT2D eigenvalue weighted by Gasteiger charge is 2.14. The van der Waals surface area contributed by atoms with E-state index in [0.29, 0.717) is 15.8 Å². The molecule has 2 heterocycles. The quantitative estimate of drug-likeness (QED) is 0.455. The lowest BCUT2D eigenvalue weighted by molar-refractivity contribution is 0.0945. The first kappa shape index (κ1) is 17.5. The summed E-state index contributed by atoms with van der Waals surface area (Å²) in [5, 5.41) is 17.9. The van der Waals surface area contributed by atoms with Crippen LogP contribution in [-0.2, 0) is 0 Å². The van der Waals surface area contributed by atoms with Gasteiger partial charge in [0.25, 0.3) is 5.78 Å². The molecule has 0 fully saturated rings. The van der Waals surface area contributed by atoms with Gasteiger partial charge in [0, 0.05) is 21.4 Å². The second kappa shape index (κ2) is 6.89. The molecule has 0 spiro atoms. The van der Waals surface area contributed by atoms with Crippen molar-refractivity contribution < 1.29 is 9.90 Å². The highest BCUT2D eigenvalue weighted by molar-refractivity contribution is 9.11. The third-order valence-electron chi connectivity index (χ3n) is 3.25. The molecular formula is C15H12Br2N6O2. The molecule has 128 valence electrons. The number of rotatable bonds is 3. The number of amides is 1. The van der Waals surface area contributed by atoms with E-state index in [4.69, 9.17) is 0 Å². The SMILES string of the molecule is Cc1cc(C)n2nc(C(=O)N/N=C\c3cc(Br)cc(Br)c3O)nc2n1. The molecule has 0 saturated carbocycles. The van der Waals surface area contributed by atoms with Crippen molar-refractivity contribution >= 4 is 49.8 Å². The van der Waals surface area contributed by atoms with E-state index in [1.54, 1.807) is 12.1 Å². The van der Waals surface area contributed by atoms with E-state index in [-0.39, 0.29) is 11.6 Å². The fraction of sp³-hybridized carbons (Fsp3) is 0.133. The first-order chi connectivity index (χ1) is 11.8. The van der Waals surface area contributed by atoms with Crippen molar-refractivity contribution in [3.8, 4) is 5.75 Å². The van der Waals surface area contributed by atoms with Gasteiger partial charge in [0.15, 0.2) is 0 Å². The Morgan fingerprint density at radius 1 is 1.28 bits per heavy atom. The van der Waals surface area contributed by atoms with E-state index in [1.807, 2.05) is 19.9 Å². The van der Waals surface area contributed by atoms with Gasteiger partial charge < -0.3 is 5.11 Å². The number of hydrogen-bond donors (Lipinski definition) is 2. The number of aryl methyl sites for hydroxylation is 2. The first-order valence-corrected chi connectivity index (χ1v) is 8.66. The lowest BCUT2D eigenvalue weighted by atomic mass is 10.2. The number of fused-ring (bicyclic) bond motifs is 1. The summed E-state index contributed by atoms with van der Waals surface area (Å²) >= 11 is 6.54. The molecule has 0 unspecified atom stereocenters. The summed E-state index contributed by atoms with van der Waals surface area (Å²) in [6.07, 6.45) is 1.33. The number of carbonyl (C=O) groups excluding carboxylic acids is 1. The van der Waals surface area contributed by atoms with Crippen LogP contribution in [0, 0.1) is 13.8 Å². The molecule has 8 nitrogen and oxygen atoms in total. The van der Waals surface area contributed by atoms with Gasteiger partial charge in [-0.2, -0.15) is 10.1 Å². The Morgan fingerprint density at radius 3 is 2.80 bits per heavy atom. The fourth-order valence-corrected chi connectivity index (χ4v) is 3.42. The second-order valence-corrected chi connectivity index (χ2v) is 6.98. The van der Waals surface area contributed by atoms with E-state index in [2.05, 4.69) is 57.5 Å². The maximum atomic E-state index is 12.1. The summed E-state index contributed by atoms with van der Waals surface area (Å²) in [6.45, 7) is 3.69. The van der Waals surface area contributed by atoms with Crippen LogP contribution < -0.4 is 5.43 Å². The third-order valence-corrected chi connectivity index (χ3v) is 4.31. The number of nitrogens with one attached hydrogen (secondary N) is 1. The highest BCUT2D eigenvalue weighted by atomic mass is 79.9. The van der Waals surface area contributed by atoms with Crippen LogP contribution in [-0.4, -0.2) is 36.8 Å². The molecule has 25 heavy (non-hydrogen) atoms. The summed E-state index contributed by atoms with van der Waals surface area (Å²) in [5.74, 6) is -0.257. The van der Waals surface area contributed by atoms with Crippen LogP contribution in [0.2, 0.25) is 0 Å². The largest absolute Gasteiger partial charge is 0.506 e. The van der Waals surface area contributed by atoms with E-state index < -0.39 is 5.91 Å². The Bertz CT molecular complexity index is 1010. The minimum absolute atomic E-state index is 0.0161. The number of carbonyl (C=O) groups is 1. The average Bonchev–Trinajstić information content (AvgIpc) is 2.96. The number of aromatic hydroxyl groups is 1. The van der Waals surface area contributed by atoms with Gasteiger partial charge in [-0.3, -0.25) is 4.79 Å². The van der Waals surface area contributed by atoms with Gasteiger partial charge in [-0.05, 0) is 48.0 Å². The zero-order chi connectivity index (χ0) is 18.1. The van der Waals surface area contributed by atoms with E-state index in [9.17, 15) is 9.90 Å². The number of nitrogens with zero attached hydrogens (tertiary/aromatic N) is 5. The van der Waals surface area contributed by atoms with Crippen LogP contribution >= 0.6 is 31.9 Å². The van der Waals surface area contributed by atoms with Crippen molar-refractivity contribution in [2.45, 2.75) is 13.8 Å². The second-order valence-electron chi connectivity index (χ2n) is 5.21. The molecular weight excluding hydrogens is 456 g/mol. The van der Waals surface area contributed by atoms with Gasteiger partial charge in [-0.15, -0.1) is 5.10 Å². The summed E-state index contributed by atoms with van der Waals surface area (Å²) in [5.41, 5.74) is 4.37. The van der Waals surface area contributed by atoms with Crippen molar-refractivity contribution in [2.75, 3.05) is 0 Å². The predicted molar refractivity (Wildman–Crippen MR) is 98.8 cm³/mol.